The van der Waals surface area contributed by atoms with E-state index in [0.29, 0.717) is 22.6 Å². The maximum atomic E-state index is 13.8. The van der Waals surface area contributed by atoms with Gasteiger partial charge in [-0.05, 0) is 77.9 Å². The largest absolute Gasteiger partial charge is 0.494 e. The summed E-state index contributed by atoms with van der Waals surface area (Å²) in [5.74, 6) is -4.06. The van der Waals surface area contributed by atoms with Crippen LogP contribution >= 0.6 is 0 Å². The van der Waals surface area contributed by atoms with E-state index < -0.39 is 66.0 Å². The lowest BCUT2D eigenvalue weighted by molar-refractivity contribution is -0.384. The Labute approximate surface area is 337 Å². The van der Waals surface area contributed by atoms with Crippen LogP contribution in [0.5, 0.6) is 11.5 Å². The third-order valence-electron chi connectivity index (χ3n) is 8.70. The van der Waals surface area contributed by atoms with Crippen LogP contribution in [0.25, 0.3) is 17.2 Å². The standard InChI is InChI=1S/C38H28N8O13S/c1-58-31-13-18(3-9-28(31)42-40-20-5-12-30(47)25(15-20)38(51)52)19-4-10-29(32(14-19)59-2)43-45-35-33(60(55,56)57)17-23-22(36(35)48)7-8-26(39)34(23)44-41-27-11-6-21(46(53)54)16-24(27)37(49)50/h3-17,42-43H,39H2,1-2H3,(H,49,50)(H,51,52)(H,55,56,57). The van der Waals surface area contributed by atoms with Crippen molar-refractivity contribution < 1.29 is 56.8 Å². The maximum Gasteiger partial charge on any atom is 0.339 e. The number of hydrazone groups is 2. The number of Topliss-reactive ketones (excluding diaryl/α,β-unsaturated/α-hetero) is 1. The van der Waals surface area contributed by atoms with Crippen LogP contribution in [-0.4, -0.2) is 77.3 Å². The number of nitro groups is 1. The van der Waals surface area contributed by atoms with Crippen molar-refractivity contribution in [3.05, 3.63) is 122 Å². The topological polar surface area (TPSA) is 324 Å². The number of nitrogens with two attached hydrogens (primary N) is 1. The first-order valence-electron chi connectivity index (χ1n) is 16.8. The fourth-order valence-electron chi connectivity index (χ4n) is 5.74. The van der Waals surface area contributed by atoms with E-state index in [1.54, 1.807) is 30.3 Å². The lowest BCUT2D eigenvalue weighted by Gasteiger charge is -2.18. The third-order valence-corrected chi connectivity index (χ3v) is 9.56. The number of nitrogens with one attached hydrogen (secondary N) is 2. The second-order valence-corrected chi connectivity index (χ2v) is 13.7. The normalized spacial score (nSPS) is 15.1. The van der Waals surface area contributed by atoms with Crippen LogP contribution in [-0.2, 0) is 19.7 Å². The van der Waals surface area contributed by atoms with Crippen molar-refractivity contribution in [2.75, 3.05) is 30.8 Å². The van der Waals surface area contributed by atoms with E-state index in [4.69, 9.17) is 15.2 Å². The summed E-state index contributed by atoms with van der Waals surface area (Å²) in [6.45, 7) is 0. The Balaban J connectivity index is 1.29. The minimum atomic E-state index is -5.15. The third kappa shape index (κ3) is 8.48. The number of nitrogen functional groups attached to an aromatic ring is 1. The van der Waals surface area contributed by atoms with Crippen LogP contribution in [0.4, 0.5) is 34.1 Å². The number of ether oxygens (including phenoxy) is 2. The number of benzene rings is 4. The van der Waals surface area contributed by atoms with Gasteiger partial charge in [0.2, 0.25) is 5.78 Å². The molecule has 0 spiro atoms. The Morgan fingerprint density at radius 3 is 2.02 bits per heavy atom. The molecule has 21 nitrogen and oxygen atoms in total. The smallest absolute Gasteiger partial charge is 0.339 e. The number of carboxylic acid groups (broad SMARTS) is 2. The Morgan fingerprint density at radius 1 is 0.817 bits per heavy atom. The Hall–Kier alpha value is -8.37. The number of azo groups is 1. The van der Waals surface area contributed by atoms with Gasteiger partial charge in [0.1, 0.15) is 33.4 Å². The number of nitrogens with zero attached hydrogens (tertiary/aromatic N) is 5. The summed E-state index contributed by atoms with van der Waals surface area (Å²) in [7, 11) is -2.38. The van der Waals surface area contributed by atoms with E-state index in [0.717, 1.165) is 36.4 Å². The van der Waals surface area contributed by atoms with Crippen molar-refractivity contribution >= 4 is 85.2 Å². The minimum Gasteiger partial charge on any atom is -0.494 e. The first kappa shape index (κ1) is 41.3. The number of fused-ring (bicyclic) bond motifs is 1. The highest BCUT2D eigenvalue weighted by atomic mass is 32.2. The highest BCUT2D eigenvalue weighted by Crippen LogP contribution is 2.39. The molecule has 0 bridgehead atoms. The molecule has 0 amide bonds. The molecule has 0 atom stereocenters. The van der Waals surface area contributed by atoms with Crippen molar-refractivity contribution in [3.63, 3.8) is 0 Å². The Morgan fingerprint density at radius 2 is 1.45 bits per heavy atom. The van der Waals surface area contributed by atoms with E-state index in [-0.39, 0.29) is 45.3 Å². The molecule has 0 radical (unpaired) electrons. The number of nitro benzene ring substituents is 1. The molecule has 0 fully saturated rings. The molecular weight excluding hydrogens is 809 g/mol. The zero-order valence-electron chi connectivity index (χ0n) is 30.8. The van der Waals surface area contributed by atoms with Crippen molar-refractivity contribution in [2.24, 2.45) is 20.4 Å². The van der Waals surface area contributed by atoms with Crippen molar-refractivity contribution in [2.45, 2.75) is 0 Å². The highest BCUT2D eigenvalue weighted by Gasteiger charge is 2.35. The van der Waals surface area contributed by atoms with Gasteiger partial charge in [0.25, 0.3) is 15.8 Å². The van der Waals surface area contributed by atoms with E-state index in [1.807, 2.05) is 0 Å². The summed E-state index contributed by atoms with van der Waals surface area (Å²) < 4.78 is 46.6. The molecule has 4 aromatic rings. The van der Waals surface area contributed by atoms with Crippen LogP contribution in [0, 0.1) is 10.1 Å². The summed E-state index contributed by atoms with van der Waals surface area (Å²) in [6, 6.07) is 15.1. The average molecular weight is 837 g/mol. The van der Waals surface area contributed by atoms with Crippen LogP contribution in [0.2, 0.25) is 0 Å². The van der Waals surface area contributed by atoms with Crippen LogP contribution in [0.15, 0.2) is 116 Å². The number of hydrogen-bond acceptors (Lipinski definition) is 17. The first-order valence-corrected chi connectivity index (χ1v) is 18.3. The van der Waals surface area contributed by atoms with E-state index in [9.17, 15) is 52.5 Å². The highest BCUT2D eigenvalue weighted by molar-refractivity contribution is 7.91. The van der Waals surface area contributed by atoms with E-state index in [1.165, 1.54) is 38.5 Å². The number of rotatable bonds is 13. The molecule has 2 aliphatic carbocycles. The molecule has 22 heteroatoms. The number of carbonyl (C=O) groups is 4. The molecule has 60 heavy (non-hydrogen) atoms. The van der Waals surface area contributed by atoms with Gasteiger partial charge in [-0.3, -0.25) is 35.1 Å². The van der Waals surface area contributed by atoms with E-state index in [2.05, 4.69) is 31.3 Å². The molecule has 0 saturated heterocycles. The quantitative estimate of drug-likeness (QED) is 0.0177. The lowest BCUT2D eigenvalue weighted by Crippen LogP contribution is -2.27. The number of ketones is 2. The summed E-state index contributed by atoms with van der Waals surface area (Å²) in [4.78, 5) is 58.1. The predicted molar refractivity (Wildman–Crippen MR) is 216 cm³/mol. The number of non-ortho nitro benzene ring substituents is 1. The van der Waals surface area contributed by atoms with Gasteiger partial charge in [-0.15, -0.1) is 10.2 Å². The number of carboxylic acids is 2. The van der Waals surface area contributed by atoms with Gasteiger partial charge in [-0.1, -0.05) is 12.1 Å². The van der Waals surface area contributed by atoms with Crippen molar-refractivity contribution in [1.82, 2.24) is 0 Å². The molecule has 7 N–H and O–H groups in total. The number of carbonyl (C=O) groups excluding carboxylic acids is 2. The molecule has 0 heterocycles. The maximum absolute atomic E-state index is 13.8. The fraction of sp³-hybridized carbons (Fsp3) is 0.0526. The number of methoxy groups -OCH3 is 2. The molecule has 4 aromatic carbocycles. The zero-order chi connectivity index (χ0) is 43.5. The molecule has 0 saturated carbocycles. The van der Waals surface area contributed by atoms with Gasteiger partial charge in [0, 0.05) is 23.3 Å². The Kier molecular flexibility index (Phi) is 11.4. The van der Waals surface area contributed by atoms with Gasteiger partial charge in [-0.2, -0.15) is 18.6 Å². The molecule has 2 aliphatic rings. The SMILES string of the molecule is COc1cc(-c2ccc(NN=C3C(=O)c4ccc(N)c(N=Nc5ccc([N+](=O)[O-])cc5C(=O)O)c4C=C3S(=O)(=O)O)c(OC)c2)ccc1NN=C1C=CC(=O)C(C(=O)O)=C1. The van der Waals surface area contributed by atoms with Gasteiger partial charge >= 0.3 is 11.9 Å². The van der Waals surface area contributed by atoms with Gasteiger partial charge < -0.3 is 25.4 Å². The molecule has 0 unspecified atom stereocenters. The first-order chi connectivity index (χ1) is 28.5. The molecule has 6 rings (SSSR count). The number of allylic oxidation sites excluding steroid dienone is 4. The summed E-state index contributed by atoms with van der Waals surface area (Å²) in [5, 5.41) is 46.0. The summed E-state index contributed by atoms with van der Waals surface area (Å²) in [5.41, 5.74) is 10.1. The van der Waals surface area contributed by atoms with Crippen LogP contribution < -0.4 is 26.1 Å². The summed E-state index contributed by atoms with van der Waals surface area (Å²) in [6.07, 6.45) is 4.46. The molecule has 304 valence electrons. The number of hydrogen-bond donors (Lipinski definition) is 6. The number of anilines is 3. The van der Waals surface area contributed by atoms with Crippen LogP contribution in [0.3, 0.4) is 0 Å². The minimum absolute atomic E-state index is 0.125. The van der Waals surface area contributed by atoms with Crippen LogP contribution in [0.1, 0.15) is 26.3 Å². The van der Waals surface area contributed by atoms with Crippen molar-refractivity contribution in [1.29, 1.82) is 0 Å². The van der Waals surface area contributed by atoms with Gasteiger partial charge in [-0.25, -0.2) is 9.59 Å². The van der Waals surface area contributed by atoms with E-state index >= 15 is 0 Å². The van der Waals surface area contributed by atoms with Gasteiger partial charge in [0.15, 0.2) is 11.5 Å². The summed E-state index contributed by atoms with van der Waals surface area (Å²) >= 11 is 0. The van der Waals surface area contributed by atoms with Crippen molar-refractivity contribution in [3.8, 4) is 22.6 Å². The monoisotopic (exact) mass is 836 g/mol. The number of aliphatic carboxylic acids is 1. The number of aromatic carboxylic acids is 1. The second-order valence-electron chi connectivity index (χ2n) is 12.4. The average Bonchev–Trinajstić information content (AvgIpc) is 3.21. The molecular formula is C38H28N8O13S. The van der Waals surface area contributed by atoms with Gasteiger partial charge in [0.05, 0.1) is 47.5 Å². The Bertz CT molecular complexity index is 2860. The fourth-order valence-corrected chi connectivity index (χ4v) is 6.39. The second kappa shape index (κ2) is 16.6. The zero-order valence-corrected chi connectivity index (χ0v) is 31.6. The molecule has 0 aromatic heterocycles. The molecule has 0 aliphatic heterocycles. The predicted octanol–water partition coefficient (Wildman–Crippen LogP) is 5.79. The lowest BCUT2D eigenvalue weighted by atomic mass is 9.92.